The van der Waals surface area contributed by atoms with Crippen molar-refractivity contribution < 1.29 is 4.74 Å². The SMILES string of the molecule is Cc1cc(C)cc(-n2c(C)cc([C@H]3[C@H](c4ccccn4)NC(=S)N3CCN3CCOCC3)c2C)c1. The van der Waals surface area contributed by atoms with Crippen LogP contribution in [-0.2, 0) is 4.74 Å². The molecule has 2 saturated heterocycles. The van der Waals surface area contributed by atoms with E-state index in [1.54, 1.807) is 0 Å². The fourth-order valence-electron chi connectivity index (χ4n) is 5.62. The number of nitrogens with one attached hydrogen (secondary N) is 1. The summed E-state index contributed by atoms with van der Waals surface area (Å²) in [6.07, 6.45) is 1.87. The number of hydrogen-bond donors (Lipinski definition) is 1. The van der Waals surface area contributed by atoms with Crippen molar-refractivity contribution in [3.63, 3.8) is 0 Å². The first-order valence-electron chi connectivity index (χ1n) is 12.5. The summed E-state index contributed by atoms with van der Waals surface area (Å²) in [6.45, 7) is 14.1. The monoisotopic (exact) mass is 489 g/mol. The molecular weight excluding hydrogens is 454 g/mol. The Morgan fingerprint density at radius 3 is 2.43 bits per heavy atom. The fraction of sp³-hybridized carbons (Fsp3) is 0.429. The first kappa shape index (κ1) is 24.0. The van der Waals surface area contributed by atoms with Gasteiger partial charge in [-0.2, -0.15) is 0 Å². The molecule has 0 spiro atoms. The molecule has 0 bridgehead atoms. The quantitative estimate of drug-likeness (QED) is 0.518. The molecule has 3 aromatic rings. The average Bonchev–Trinajstić information content (AvgIpc) is 3.33. The van der Waals surface area contributed by atoms with Crippen molar-refractivity contribution in [2.75, 3.05) is 39.4 Å². The van der Waals surface area contributed by atoms with Crippen LogP contribution in [-0.4, -0.2) is 63.9 Å². The summed E-state index contributed by atoms with van der Waals surface area (Å²) in [6, 6.07) is 15.3. The van der Waals surface area contributed by atoms with E-state index in [1.807, 2.05) is 12.3 Å². The van der Waals surface area contributed by atoms with Gasteiger partial charge in [-0.3, -0.25) is 9.88 Å². The molecule has 0 saturated carbocycles. The molecule has 0 radical (unpaired) electrons. The summed E-state index contributed by atoms with van der Waals surface area (Å²) in [5, 5.41) is 4.41. The molecule has 2 fully saturated rings. The second-order valence-corrected chi connectivity index (χ2v) is 10.2. The third-order valence-electron chi connectivity index (χ3n) is 7.21. The second-order valence-electron chi connectivity index (χ2n) is 9.78. The summed E-state index contributed by atoms with van der Waals surface area (Å²) in [4.78, 5) is 9.55. The van der Waals surface area contributed by atoms with E-state index in [2.05, 4.69) is 83.8 Å². The topological polar surface area (TPSA) is 45.6 Å². The van der Waals surface area contributed by atoms with Crippen LogP contribution in [0.25, 0.3) is 5.69 Å². The molecule has 4 heterocycles. The highest BCUT2D eigenvalue weighted by molar-refractivity contribution is 7.80. The van der Waals surface area contributed by atoms with Crippen molar-refractivity contribution in [2.45, 2.75) is 39.8 Å². The summed E-state index contributed by atoms with van der Waals surface area (Å²) in [7, 11) is 0. The van der Waals surface area contributed by atoms with E-state index < -0.39 is 0 Å². The Hall–Kier alpha value is -2.74. The van der Waals surface area contributed by atoms with Gasteiger partial charge >= 0.3 is 0 Å². The van der Waals surface area contributed by atoms with Gasteiger partial charge in [0, 0.05) is 49.5 Å². The van der Waals surface area contributed by atoms with Crippen molar-refractivity contribution >= 4 is 17.3 Å². The molecule has 5 rings (SSSR count). The van der Waals surface area contributed by atoms with Gasteiger partial charge in [0.05, 0.1) is 31.0 Å². The van der Waals surface area contributed by atoms with Crippen LogP contribution < -0.4 is 5.32 Å². The largest absolute Gasteiger partial charge is 0.379 e. The van der Waals surface area contributed by atoms with Gasteiger partial charge in [-0.05, 0) is 86.9 Å². The minimum absolute atomic E-state index is 0.00147. The molecule has 0 aliphatic carbocycles. The Morgan fingerprint density at radius 1 is 1.00 bits per heavy atom. The van der Waals surface area contributed by atoms with Crippen LogP contribution in [0.4, 0.5) is 0 Å². The first-order chi connectivity index (χ1) is 16.9. The number of pyridine rings is 1. The van der Waals surface area contributed by atoms with E-state index in [0.29, 0.717) is 0 Å². The molecule has 35 heavy (non-hydrogen) atoms. The van der Waals surface area contributed by atoms with E-state index in [4.69, 9.17) is 21.9 Å². The summed E-state index contributed by atoms with van der Waals surface area (Å²) < 4.78 is 7.93. The zero-order chi connectivity index (χ0) is 24.5. The lowest BCUT2D eigenvalue weighted by molar-refractivity contribution is 0.0350. The van der Waals surface area contributed by atoms with Crippen molar-refractivity contribution in [1.29, 1.82) is 0 Å². The predicted molar refractivity (Wildman–Crippen MR) is 144 cm³/mol. The number of benzene rings is 1. The highest BCUT2D eigenvalue weighted by Gasteiger charge is 2.41. The van der Waals surface area contributed by atoms with Gasteiger partial charge in [-0.1, -0.05) is 12.1 Å². The summed E-state index contributed by atoms with van der Waals surface area (Å²) in [5.41, 5.74) is 8.56. The van der Waals surface area contributed by atoms with E-state index in [1.165, 1.54) is 33.8 Å². The van der Waals surface area contributed by atoms with Crippen LogP contribution in [0.5, 0.6) is 0 Å². The number of aromatic nitrogens is 2. The highest BCUT2D eigenvalue weighted by atomic mass is 32.1. The summed E-state index contributed by atoms with van der Waals surface area (Å²) >= 11 is 5.91. The molecule has 1 N–H and O–H groups in total. The van der Waals surface area contributed by atoms with Crippen LogP contribution in [0.15, 0.2) is 48.7 Å². The molecule has 0 unspecified atom stereocenters. The van der Waals surface area contributed by atoms with Crippen LogP contribution in [0.2, 0.25) is 0 Å². The van der Waals surface area contributed by atoms with Gasteiger partial charge in [0.1, 0.15) is 0 Å². The molecular formula is C28H35N5OS. The molecule has 6 nitrogen and oxygen atoms in total. The Balaban J connectivity index is 1.54. The Bertz CT molecular complexity index is 1180. The second kappa shape index (κ2) is 10.1. The van der Waals surface area contributed by atoms with Gasteiger partial charge in [-0.15, -0.1) is 0 Å². The maximum atomic E-state index is 5.91. The molecule has 2 aromatic heterocycles. The third kappa shape index (κ3) is 4.85. The highest BCUT2D eigenvalue weighted by Crippen LogP contribution is 2.41. The van der Waals surface area contributed by atoms with Gasteiger partial charge in [0.25, 0.3) is 0 Å². The molecule has 2 aliphatic heterocycles. The predicted octanol–water partition coefficient (Wildman–Crippen LogP) is 4.41. The van der Waals surface area contributed by atoms with Crippen molar-refractivity contribution in [2.24, 2.45) is 0 Å². The van der Waals surface area contributed by atoms with E-state index in [9.17, 15) is 0 Å². The minimum atomic E-state index is 0.00147. The molecule has 2 atom stereocenters. The summed E-state index contributed by atoms with van der Waals surface area (Å²) in [5.74, 6) is 0. The lowest BCUT2D eigenvalue weighted by atomic mass is 9.96. The van der Waals surface area contributed by atoms with Crippen molar-refractivity contribution in [1.82, 2.24) is 24.7 Å². The smallest absolute Gasteiger partial charge is 0.170 e. The molecule has 2 aliphatic rings. The van der Waals surface area contributed by atoms with Crippen molar-refractivity contribution in [3.8, 4) is 5.69 Å². The van der Waals surface area contributed by atoms with Gasteiger partial charge in [0.15, 0.2) is 5.11 Å². The maximum Gasteiger partial charge on any atom is 0.170 e. The van der Waals surface area contributed by atoms with Gasteiger partial charge in [-0.25, -0.2) is 0 Å². The van der Waals surface area contributed by atoms with E-state index >= 15 is 0 Å². The Labute approximate surface area is 213 Å². The zero-order valence-electron chi connectivity index (χ0n) is 21.1. The van der Waals surface area contributed by atoms with Gasteiger partial charge < -0.3 is 19.5 Å². The lowest BCUT2D eigenvalue weighted by Gasteiger charge is -2.32. The standard InChI is InChI=1S/C28H35N5OS/c1-19-15-20(2)17-23(16-19)33-21(3)18-24(22(33)4)27-26(25-7-5-6-8-29-25)30-28(35)32(27)10-9-31-11-13-34-14-12-31/h5-8,15-18,26-27H,9-14H2,1-4H3,(H,30,35)/t26-,27-/m0/s1. The maximum absolute atomic E-state index is 5.91. The molecule has 1 aromatic carbocycles. The van der Waals surface area contributed by atoms with Crippen molar-refractivity contribution in [3.05, 3.63) is 82.4 Å². The molecule has 0 amide bonds. The van der Waals surface area contributed by atoms with Crippen LogP contribution in [0.1, 0.15) is 45.9 Å². The number of ether oxygens (including phenoxy) is 1. The van der Waals surface area contributed by atoms with E-state index in [0.717, 1.165) is 50.2 Å². The molecule has 184 valence electrons. The lowest BCUT2D eigenvalue weighted by Crippen LogP contribution is -2.42. The Morgan fingerprint density at radius 2 is 1.74 bits per heavy atom. The normalized spacial score (nSPS) is 20.9. The Kier molecular flexibility index (Phi) is 6.91. The number of aryl methyl sites for hydroxylation is 3. The van der Waals surface area contributed by atoms with Crippen LogP contribution in [0.3, 0.4) is 0 Å². The number of thiocarbonyl (C=S) groups is 1. The van der Waals surface area contributed by atoms with Crippen LogP contribution >= 0.6 is 12.2 Å². The first-order valence-corrected chi connectivity index (χ1v) is 12.9. The van der Waals surface area contributed by atoms with Gasteiger partial charge in [0.2, 0.25) is 0 Å². The zero-order valence-corrected chi connectivity index (χ0v) is 21.9. The fourth-order valence-corrected chi connectivity index (χ4v) is 5.95. The van der Waals surface area contributed by atoms with E-state index in [-0.39, 0.29) is 12.1 Å². The number of rotatable bonds is 6. The number of nitrogens with zero attached hydrogens (tertiary/aromatic N) is 4. The van der Waals surface area contributed by atoms with Crippen LogP contribution in [0, 0.1) is 27.7 Å². The minimum Gasteiger partial charge on any atom is -0.379 e. The number of morpholine rings is 1. The average molecular weight is 490 g/mol. The third-order valence-corrected chi connectivity index (χ3v) is 7.56. The molecule has 7 heteroatoms. The number of hydrogen-bond acceptors (Lipinski definition) is 4.